The zero-order valence-electron chi connectivity index (χ0n) is 17.1. The molecule has 2 aliphatic heterocycles. The summed E-state index contributed by atoms with van der Waals surface area (Å²) in [5.41, 5.74) is 3.09. The molecular weight excluding hydrogens is 380 g/mol. The zero-order chi connectivity index (χ0) is 20.1. The number of piperidine rings is 1. The van der Waals surface area contributed by atoms with Crippen LogP contribution in [-0.4, -0.2) is 48.6 Å². The lowest BCUT2D eigenvalue weighted by molar-refractivity contribution is -0.121. The number of amides is 1. The van der Waals surface area contributed by atoms with Crippen molar-refractivity contribution in [3.8, 4) is 16.9 Å². The van der Waals surface area contributed by atoms with Crippen LogP contribution in [0.25, 0.3) is 11.1 Å². The lowest BCUT2D eigenvalue weighted by Gasteiger charge is -2.39. The van der Waals surface area contributed by atoms with Crippen LogP contribution in [0.2, 0.25) is 0 Å². The molecule has 5 heteroatoms. The quantitative estimate of drug-likeness (QED) is 0.761. The zero-order valence-corrected chi connectivity index (χ0v) is 17.9. The summed E-state index contributed by atoms with van der Waals surface area (Å²) in [4.78, 5) is 15.4. The highest BCUT2D eigenvalue weighted by molar-refractivity contribution is 7.99. The van der Waals surface area contributed by atoms with Crippen molar-refractivity contribution in [1.29, 1.82) is 0 Å². The summed E-state index contributed by atoms with van der Waals surface area (Å²) >= 11 is 2.06. The van der Waals surface area contributed by atoms with Crippen LogP contribution in [0.15, 0.2) is 48.5 Å². The van der Waals surface area contributed by atoms with E-state index in [0.29, 0.717) is 6.04 Å². The van der Waals surface area contributed by atoms with Crippen molar-refractivity contribution in [2.75, 3.05) is 37.0 Å². The fourth-order valence-corrected chi connectivity index (χ4v) is 5.48. The van der Waals surface area contributed by atoms with Gasteiger partial charge >= 0.3 is 0 Å². The molecule has 0 aromatic heterocycles. The smallest absolute Gasteiger partial charge is 0.228 e. The highest BCUT2D eigenvalue weighted by Gasteiger charge is 2.30. The van der Waals surface area contributed by atoms with Gasteiger partial charge in [-0.1, -0.05) is 24.3 Å². The summed E-state index contributed by atoms with van der Waals surface area (Å²) in [7, 11) is 1.68. The molecule has 2 aromatic rings. The number of nitrogens with zero attached hydrogens (tertiary/aromatic N) is 1. The van der Waals surface area contributed by atoms with Gasteiger partial charge < -0.3 is 10.1 Å². The fourth-order valence-electron chi connectivity index (χ4n) is 4.40. The maximum Gasteiger partial charge on any atom is 0.228 e. The topological polar surface area (TPSA) is 41.6 Å². The van der Waals surface area contributed by atoms with E-state index in [1.807, 2.05) is 30.3 Å². The van der Waals surface area contributed by atoms with Gasteiger partial charge in [0.1, 0.15) is 5.75 Å². The van der Waals surface area contributed by atoms with Crippen molar-refractivity contribution < 1.29 is 9.53 Å². The Morgan fingerprint density at radius 1 is 1.07 bits per heavy atom. The van der Waals surface area contributed by atoms with Crippen molar-refractivity contribution in [1.82, 2.24) is 4.90 Å². The second-order valence-electron chi connectivity index (χ2n) is 7.98. The summed E-state index contributed by atoms with van der Waals surface area (Å²) in [6.07, 6.45) is 4.65. The number of nitrogens with one attached hydrogen (secondary N) is 1. The number of ether oxygens (including phenoxy) is 1. The van der Waals surface area contributed by atoms with E-state index >= 15 is 0 Å². The first-order valence-electron chi connectivity index (χ1n) is 10.6. The Morgan fingerprint density at radius 2 is 1.86 bits per heavy atom. The largest absolute Gasteiger partial charge is 0.497 e. The molecule has 1 N–H and O–H groups in total. The number of hydrogen-bond acceptors (Lipinski definition) is 4. The maximum atomic E-state index is 12.9. The monoisotopic (exact) mass is 410 g/mol. The number of methoxy groups -OCH3 is 1. The Bertz CT molecular complexity index is 818. The van der Waals surface area contributed by atoms with E-state index < -0.39 is 0 Å². The summed E-state index contributed by atoms with van der Waals surface area (Å²) in [5.74, 6) is 3.62. The van der Waals surface area contributed by atoms with E-state index in [0.717, 1.165) is 48.5 Å². The number of benzene rings is 2. The van der Waals surface area contributed by atoms with Crippen molar-refractivity contribution in [3.05, 3.63) is 48.5 Å². The van der Waals surface area contributed by atoms with Crippen LogP contribution in [-0.2, 0) is 4.79 Å². The van der Waals surface area contributed by atoms with Crippen LogP contribution >= 0.6 is 11.8 Å². The third-order valence-corrected chi connectivity index (χ3v) is 7.14. The third-order valence-electron chi connectivity index (χ3n) is 6.09. The lowest BCUT2D eigenvalue weighted by Crippen LogP contribution is -2.47. The molecule has 154 valence electrons. The summed E-state index contributed by atoms with van der Waals surface area (Å²) in [5, 5.41) is 3.14. The number of hydrogen-bond donors (Lipinski definition) is 1. The van der Waals surface area contributed by atoms with Crippen LogP contribution in [0.4, 0.5) is 5.69 Å². The van der Waals surface area contributed by atoms with Crippen molar-refractivity contribution in [2.45, 2.75) is 31.7 Å². The SMILES string of the molecule is COc1cccc(-c2ccc(NC(=O)C3CCCN(C4CCSCC4)C3)cc2)c1. The number of anilines is 1. The van der Waals surface area contributed by atoms with E-state index in [4.69, 9.17) is 4.74 Å². The number of likely N-dealkylation sites (tertiary alicyclic amines) is 1. The molecule has 2 heterocycles. The van der Waals surface area contributed by atoms with Crippen LogP contribution in [0.3, 0.4) is 0 Å². The first-order chi connectivity index (χ1) is 14.2. The average Bonchev–Trinajstić information content (AvgIpc) is 2.80. The predicted octanol–water partition coefficient (Wildman–Crippen LogP) is 4.91. The lowest BCUT2D eigenvalue weighted by atomic mass is 9.94. The molecule has 1 amide bonds. The van der Waals surface area contributed by atoms with Gasteiger partial charge in [0, 0.05) is 18.3 Å². The van der Waals surface area contributed by atoms with Crippen LogP contribution in [0, 0.1) is 5.92 Å². The Balaban J connectivity index is 1.36. The summed E-state index contributed by atoms with van der Waals surface area (Å²) < 4.78 is 5.31. The van der Waals surface area contributed by atoms with Crippen molar-refractivity contribution in [3.63, 3.8) is 0 Å². The van der Waals surface area contributed by atoms with E-state index in [2.05, 4.69) is 40.2 Å². The van der Waals surface area contributed by atoms with Gasteiger partial charge in [-0.25, -0.2) is 0 Å². The molecule has 1 unspecified atom stereocenters. The van der Waals surface area contributed by atoms with Gasteiger partial charge in [0.15, 0.2) is 0 Å². The highest BCUT2D eigenvalue weighted by Crippen LogP contribution is 2.28. The second kappa shape index (κ2) is 9.68. The minimum atomic E-state index is 0.0939. The standard InChI is InChI=1S/C24H30N2O2S/c1-28-23-6-2-4-19(16-23)18-7-9-21(10-8-18)25-24(27)20-5-3-13-26(17-20)22-11-14-29-15-12-22/h2,4,6-10,16,20,22H,3,5,11-15,17H2,1H3,(H,25,27). The number of thioether (sulfide) groups is 1. The summed E-state index contributed by atoms with van der Waals surface area (Å²) in [6, 6.07) is 16.8. The highest BCUT2D eigenvalue weighted by atomic mass is 32.2. The van der Waals surface area contributed by atoms with Gasteiger partial charge in [0.05, 0.1) is 13.0 Å². The number of carbonyl (C=O) groups excluding carboxylic acids is 1. The first kappa shape index (κ1) is 20.3. The van der Waals surface area contributed by atoms with E-state index in [-0.39, 0.29) is 11.8 Å². The Labute approximate surface area is 178 Å². The van der Waals surface area contributed by atoms with E-state index in [1.54, 1.807) is 7.11 Å². The van der Waals surface area contributed by atoms with Gasteiger partial charge in [-0.3, -0.25) is 9.69 Å². The van der Waals surface area contributed by atoms with Gasteiger partial charge in [-0.05, 0) is 79.1 Å². The minimum Gasteiger partial charge on any atom is -0.497 e. The van der Waals surface area contributed by atoms with Crippen molar-refractivity contribution >= 4 is 23.4 Å². The van der Waals surface area contributed by atoms with E-state index in [1.165, 1.54) is 24.3 Å². The molecule has 2 saturated heterocycles. The molecule has 0 aliphatic carbocycles. The van der Waals surface area contributed by atoms with Gasteiger partial charge in [0.25, 0.3) is 0 Å². The second-order valence-corrected chi connectivity index (χ2v) is 9.20. The molecule has 2 aromatic carbocycles. The molecule has 0 bridgehead atoms. The Hall–Kier alpha value is -1.98. The molecule has 0 spiro atoms. The predicted molar refractivity (Wildman–Crippen MR) is 122 cm³/mol. The molecular formula is C24H30N2O2S. The van der Waals surface area contributed by atoms with Crippen LogP contribution in [0.5, 0.6) is 5.75 Å². The molecule has 29 heavy (non-hydrogen) atoms. The van der Waals surface area contributed by atoms with Gasteiger partial charge in [0.2, 0.25) is 5.91 Å². The van der Waals surface area contributed by atoms with E-state index in [9.17, 15) is 4.79 Å². The fraction of sp³-hybridized carbons (Fsp3) is 0.458. The van der Waals surface area contributed by atoms with Gasteiger partial charge in [-0.15, -0.1) is 0 Å². The molecule has 2 fully saturated rings. The normalized spacial score (nSPS) is 20.9. The average molecular weight is 411 g/mol. The number of carbonyl (C=O) groups is 1. The van der Waals surface area contributed by atoms with Crippen LogP contribution < -0.4 is 10.1 Å². The maximum absolute atomic E-state index is 12.9. The molecule has 0 radical (unpaired) electrons. The Kier molecular flexibility index (Phi) is 6.78. The molecule has 1 atom stereocenters. The first-order valence-corrected chi connectivity index (χ1v) is 11.8. The van der Waals surface area contributed by atoms with Crippen LogP contribution in [0.1, 0.15) is 25.7 Å². The molecule has 0 saturated carbocycles. The van der Waals surface area contributed by atoms with Crippen molar-refractivity contribution in [2.24, 2.45) is 5.92 Å². The molecule has 4 nitrogen and oxygen atoms in total. The van der Waals surface area contributed by atoms with Gasteiger partial charge in [-0.2, -0.15) is 11.8 Å². The Morgan fingerprint density at radius 3 is 2.62 bits per heavy atom. The molecule has 2 aliphatic rings. The number of rotatable bonds is 5. The molecule has 4 rings (SSSR count). The third kappa shape index (κ3) is 5.14. The minimum absolute atomic E-state index is 0.0939. The summed E-state index contributed by atoms with van der Waals surface area (Å²) in [6.45, 7) is 2.05.